The first-order valence-electron chi connectivity index (χ1n) is 7.97. The molecule has 0 radical (unpaired) electrons. The van der Waals surface area contributed by atoms with Crippen LogP contribution in [-0.2, 0) is 25.9 Å². The number of thiophene rings is 1. The van der Waals surface area contributed by atoms with Gasteiger partial charge < -0.3 is 14.7 Å². The lowest BCUT2D eigenvalue weighted by Crippen LogP contribution is -2.19. The van der Waals surface area contributed by atoms with Crippen molar-refractivity contribution in [2.45, 2.75) is 39.3 Å². The van der Waals surface area contributed by atoms with E-state index in [-0.39, 0.29) is 5.56 Å². The summed E-state index contributed by atoms with van der Waals surface area (Å²) < 4.78 is 5.28. The highest BCUT2D eigenvalue weighted by atomic mass is 32.1. The summed E-state index contributed by atoms with van der Waals surface area (Å²) in [6.45, 7) is 3.41. The molecular formula is C17H19N3O2S. The summed E-state index contributed by atoms with van der Waals surface area (Å²) in [5.74, 6) is 2.25. The number of hydrogen-bond acceptors (Lipinski definition) is 5. The van der Waals surface area contributed by atoms with E-state index in [9.17, 15) is 4.79 Å². The van der Waals surface area contributed by atoms with Gasteiger partial charge in [-0.2, -0.15) is 0 Å². The number of aromatic nitrogens is 2. The van der Waals surface area contributed by atoms with Crippen LogP contribution in [-0.4, -0.2) is 9.97 Å². The van der Waals surface area contributed by atoms with Gasteiger partial charge in [0.1, 0.15) is 16.4 Å². The molecule has 0 fully saturated rings. The molecule has 2 N–H and O–H groups in total. The largest absolute Gasteiger partial charge is 0.468 e. The molecule has 0 aliphatic heterocycles. The van der Waals surface area contributed by atoms with Crippen LogP contribution >= 0.6 is 11.3 Å². The molecule has 3 aromatic rings. The Balaban J connectivity index is 1.58. The number of nitrogens with zero attached hydrogens (tertiary/aromatic N) is 1. The highest BCUT2D eigenvalue weighted by molar-refractivity contribution is 7.18. The molecule has 0 saturated heterocycles. The molecule has 23 heavy (non-hydrogen) atoms. The Labute approximate surface area is 137 Å². The van der Waals surface area contributed by atoms with Crippen molar-refractivity contribution < 1.29 is 4.42 Å². The Morgan fingerprint density at radius 1 is 1.48 bits per heavy atom. The Kier molecular flexibility index (Phi) is 3.79. The number of aryl methyl sites for hydroxylation is 1. The molecule has 120 valence electrons. The van der Waals surface area contributed by atoms with Gasteiger partial charge in [-0.05, 0) is 42.9 Å². The molecule has 5 nitrogen and oxygen atoms in total. The summed E-state index contributed by atoms with van der Waals surface area (Å²) in [5.41, 5.74) is 1.23. The zero-order chi connectivity index (χ0) is 15.8. The molecule has 3 heterocycles. The molecule has 0 spiro atoms. The van der Waals surface area contributed by atoms with Gasteiger partial charge in [0.2, 0.25) is 0 Å². The Morgan fingerprint density at radius 3 is 3.22 bits per heavy atom. The van der Waals surface area contributed by atoms with E-state index in [0.717, 1.165) is 35.2 Å². The van der Waals surface area contributed by atoms with Crippen LogP contribution in [0.4, 0.5) is 0 Å². The molecule has 0 saturated carbocycles. The van der Waals surface area contributed by atoms with Crippen molar-refractivity contribution in [1.29, 1.82) is 0 Å². The fourth-order valence-corrected chi connectivity index (χ4v) is 4.60. The minimum atomic E-state index is -0.00292. The predicted molar refractivity (Wildman–Crippen MR) is 90.7 cm³/mol. The van der Waals surface area contributed by atoms with Crippen LogP contribution in [0.3, 0.4) is 0 Å². The number of nitrogens with one attached hydrogen (secondary N) is 2. The maximum Gasteiger partial charge on any atom is 0.259 e. The summed E-state index contributed by atoms with van der Waals surface area (Å²) in [6.07, 6.45) is 4.88. The van der Waals surface area contributed by atoms with Gasteiger partial charge in [-0.15, -0.1) is 11.3 Å². The van der Waals surface area contributed by atoms with Gasteiger partial charge in [0.25, 0.3) is 5.56 Å². The van der Waals surface area contributed by atoms with Crippen molar-refractivity contribution in [3.8, 4) is 0 Å². The molecule has 0 aromatic carbocycles. The first-order valence-corrected chi connectivity index (χ1v) is 8.79. The van der Waals surface area contributed by atoms with Gasteiger partial charge >= 0.3 is 0 Å². The second-order valence-corrected chi connectivity index (χ2v) is 7.31. The fourth-order valence-electron chi connectivity index (χ4n) is 3.19. The van der Waals surface area contributed by atoms with Gasteiger partial charge in [0, 0.05) is 4.88 Å². The van der Waals surface area contributed by atoms with Crippen molar-refractivity contribution in [2.75, 3.05) is 0 Å². The van der Waals surface area contributed by atoms with Gasteiger partial charge in [-0.25, -0.2) is 4.98 Å². The summed E-state index contributed by atoms with van der Waals surface area (Å²) in [6, 6.07) is 3.78. The zero-order valence-electron chi connectivity index (χ0n) is 13.0. The predicted octanol–water partition coefficient (Wildman–Crippen LogP) is 2.99. The van der Waals surface area contributed by atoms with Crippen LogP contribution in [0.2, 0.25) is 0 Å². The highest BCUT2D eigenvalue weighted by Gasteiger charge is 2.22. The molecule has 1 aliphatic carbocycles. The molecule has 3 aromatic heterocycles. The van der Waals surface area contributed by atoms with E-state index in [4.69, 9.17) is 4.42 Å². The maximum atomic E-state index is 12.5. The number of hydrogen-bond donors (Lipinski definition) is 2. The minimum Gasteiger partial charge on any atom is -0.468 e. The van der Waals surface area contributed by atoms with E-state index >= 15 is 0 Å². The summed E-state index contributed by atoms with van der Waals surface area (Å²) in [5, 5.41) is 4.05. The van der Waals surface area contributed by atoms with E-state index in [1.54, 1.807) is 17.6 Å². The van der Waals surface area contributed by atoms with Gasteiger partial charge in [-0.1, -0.05) is 6.92 Å². The molecule has 4 rings (SSSR count). The maximum absolute atomic E-state index is 12.5. The average Bonchev–Trinajstić information content (AvgIpc) is 3.13. The van der Waals surface area contributed by atoms with E-state index in [2.05, 4.69) is 22.2 Å². The number of furan rings is 1. The van der Waals surface area contributed by atoms with Crippen molar-refractivity contribution in [1.82, 2.24) is 15.3 Å². The molecule has 6 heteroatoms. The molecule has 1 unspecified atom stereocenters. The summed E-state index contributed by atoms with van der Waals surface area (Å²) in [7, 11) is 0. The molecule has 0 amide bonds. The second-order valence-electron chi connectivity index (χ2n) is 6.23. The van der Waals surface area contributed by atoms with Crippen LogP contribution in [0, 0.1) is 5.92 Å². The normalized spacial score (nSPS) is 17.5. The van der Waals surface area contributed by atoms with Crippen LogP contribution < -0.4 is 10.9 Å². The molecular weight excluding hydrogens is 310 g/mol. The van der Waals surface area contributed by atoms with Crippen molar-refractivity contribution in [2.24, 2.45) is 5.92 Å². The zero-order valence-corrected chi connectivity index (χ0v) is 13.8. The highest BCUT2D eigenvalue weighted by Crippen LogP contribution is 2.35. The van der Waals surface area contributed by atoms with Crippen molar-refractivity contribution >= 4 is 21.6 Å². The number of fused-ring (bicyclic) bond motifs is 3. The number of rotatable bonds is 4. The van der Waals surface area contributed by atoms with E-state index in [0.29, 0.717) is 24.8 Å². The lowest BCUT2D eigenvalue weighted by Gasteiger charge is -2.17. The molecule has 1 atom stereocenters. The average molecular weight is 329 g/mol. The monoisotopic (exact) mass is 329 g/mol. The van der Waals surface area contributed by atoms with Crippen LogP contribution in [0.1, 0.15) is 35.4 Å². The van der Waals surface area contributed by atoms with E-state index in [1.807, 2.05) is 12.1 Å². The Bertz CT molecular complexity index is 879. The second kappa shape index (κ2) is 5.94. The van der Waals surface area contributed by atoms with Crippen molar-refractivity contribution in [3.63, 3.8) is 0 Å². The third-order valence-corrected chi connectivity index (χ3v) is 5.53. The smallest absolute Gasteiger partial charge is 0.259 e. The fraction of sp³-hybridized carbons (Fsp3) is 0.412. The topological polar surface area (TPSA) is 70.9 Å². The quantitative estimate of drug-likeness (QED) is 0.772. The Morgan fingerprint density at radius 2 is 2.39 bits per heavy atom. The molecule has 0 bridgehead atoms. The van der Waals surface area contributed by atoms with Gasteiger partial charge in [-0.3, -0.25) is 4.79 Å². The third kappa shape index (κ3) is 2.84. The SMILES string of the molecule is CC1CCc2c(sc3nc(CNCc4ccco4)[nH]c(=O)c23)C1. The van der Waals surface area contributed by atoms with Crippen molar-refractivity contribution in [3.05, 3.63) is 50.8 Å². The third-order valence-electron chi connectivity index (χ3n) is 4.39. The lowest BCUT2D eigenvalue weighted by molar-refractivity contribution is 0.480. The summed E-state index contributed by atoms with van der Waals surface area (Å²) in [4.78, 5) is 22.3. The number of H-pyrrole nitrogens is 1. The van der Waals surface area contributed by atoms with Crippen LogP contribution in [0.5, 0.6) is 0 Å². The first kappa shape index (κ1) is 14.7. The minimum absolute atomic E-state index is 0.00292. The first-order chi connectivity index (χ1) is 11.2. The van der Waals surface area contributed by atoms with E-state index < -0.39 is 0 Å². The molecule has 1 aliphatic rings. The van der Waals surface area contributed by atoms with E-state index in [1.165, 1.54) is 10.4 Å². The summed E-state index contributed by atoms with van der Waals surface area (Å²) >= 11 is 1.69. The van der Waals surface area contributed by atoms with Crippen LogP contribution in [0.15, 0.2) is 27.6 Å². The Hall–Kier alpha value is -1.92. The number of aromatic amines is 1. The van der Waals surface area contributed by atoms with Gasteiger partial charge in [0.15, 0.2) is 0 Å². The lowest BCUT2D eigenvalue weighted by atomic mass is 9.89. The standard InChI is InChI=1S/C17H19N3O2S/c1-10-4-5-12-13(7-10)23-17-15(12)16(21)19-14(20-17)9-18-8-11-3-2-6-22-11/h2-3,6,10,18H,4-5,7-9H2,1H3,(H,19,20,21). The van der Waals surface area contributed by atoms with Crippen LogP contribution in [0.25, 0.3) is 10.2 Å². The van der Waals surface area contributed by atoms with Gasteiger partial charge in [0.05, 0.1) is 24.7 Å².